The van der Waals surface area contributed by atoms with E-state index >= 15 is 0 Å². The second-order valence-electron chi connectivity index (χ2n) is 6.55. The zero-order valence-corrected chi connectivity index (χ0v) is 14.5. The minimum absolute atomic E-state index is 0.0442. The Hall–Kier alpha value is -2.01. The molecular formula is C19H26N2O3. The second-order valence-corrected chi connectivity index (χ2v) is 6.55. The van der Waals surface area contributed by atoms with Crippen LogP contribution in [0.2, 0.25) is 0 Å². The van der Waals surface area contributed by atoms with Crippen molar-refractivity contribution < 1.29 is 14.3 Å². The number of nitrogens with one attached hydrogen (secondary N) is 1. The van der Waals surface area contributed by atoms with Crippen molar-refractivity contribution in [1.82, 2.24) is 4.90 Å². The Morgan fingerprint density at radius 3 is 3.04 bits per heavy atom. The highest BCUT2D eigenvalue weighted by molar-refractivity contribution is 5.96. The molecule has 2 aliphatic heterocycles. The van der Waals surface area contributed by atoms with Gasteiger partial charge >= 0.3 is 0 Å². The average molecular weight is 330 g/mol. The number of methoxy groups -OCH3 is 1. The Kier molecular flexibility index (Phi) is 5.41. The molecule has 0 bridgehead atoms. The maximum Gasteiger partial charge on any atom is 0.241 e. The van der Waals surface area contributed by atoms with Gasteiger partial charge in [-0.05, 0) is 62.9 Å². The van der Waals surface area contributed by atoms with E-state index in [4.69, 9.17) is 9.47 Å². The number of allylic oxidation sites excluding steroid dienone is 1. The van der Waals surface area contributed by atoms with Crippen molar-refractivity contribution >= 4 is 11.6 Å². The Balaban J connectivity index is 1.65. The number of benzene rings is 1. The number of anilines is 1. The Morgan fingerprint density at radius 2 is 2.29 bits per heavy atom. The average Bonchev–Trinajstić information content (AvgIpc) is 3.04. The molecule has 130 valence electrons. The van der Waals surface area contributed by atoms with Crippen LogP contribution in [0.5, 0.6) is 5.75 Å². The van der Waals surface area contributed by atoms with Gasteiger partial charge in [-0.15, -0.1) is 0 Å². The molecule has 0 radical (unpaired) electrons. The fraction of sp³-hybridized carbons (Fsp3) is 0.526. The van der Waals surface area contributed by atoms with Gasteiger partial charge in [0, 0.05) is 6.54 Å². The van der Waals surface area contributed by atoms with Gasteiger partial charge in [-0.3, -0.25) is 9.69 Å². The summed E-state index contributed by atoms with van der Waals surface area (Å²) in [6.45, 7) is 3.77. The molecule has 1 amide bonds. The molecule has 24 heavy (non-hydrogen) atoms. The summed E-state index contributed by atoms with van der Waals surface area (Å²) < 4.78 is 11.0. The third-order valence-electron chi connectivity index (χ3n) is 4.74. The van der Waals surface area contributed by atoms with Crippen LogP contribution in [0, 0.1) is 6.92 Å². The van der Waals surface area contributed by atoms with E-state index in [1.807, 2.05) is 25.1 Å². The van der Waals surface area contributed by atoms with Crippen LogP contribution in [0.25, 0.3) is 0 Å². The lowest BCUT2D eigenvalue weighted by Gasteiger charge is -2.29. The summed E-state index contributed by atoms with van der Waals surface area (Å²) in [7, 11) is 1.62. The lowest BCUT2D eigenvalue weighted by atomic mass is 10.1. The van der Waals surface area contributed by atoms with E-state index in [1.165, 1.54) is 0 Å². The van der Waals surface area contributed by atoms with E-state index < -0.39 is 0 Å². The molecule has 1 fully saturated rings. The number of carbonyl (C=O) groups is 1. The van der Waals surface area contributed by atoms with Crippen molar-refractivity contribution in [2.24, 2.45) is 0 Å². The molecule has 0 spiro atoms. The number of likely N-dealkylation sites (tertiary alicyclic amines) is 1. The van der Waals surface area contributed by atoms with Gasteiger partial charge in [-0.2, -0.15) is 0 Å². The van der Waals surface area contributed by atoms with Crippen LogP contribution >= 0.6 is 0 Å². The van der Waals surface area contributed by atoms with Crippen molar-refractivity contribution in [1.29, 1.82) is 0 Å². The Morgan fingerprint density at radius 1 is 1.42 bits per heavy atom. The van der Waals surface area contributed by atoms with E-state index in [0.717, 1.165) is 50.0 Å². The SMILES string of the molecule is COc1ccc(C)cc1NC(=O)[C@H]1CCCN1C[C@@H]1CCC=CO1. The summed E-state index contributed by atoms with van der Waals surface area (Å²) >= 11 is 0. The van der Waals surface area contributed by atoms with Crippen molar-refractivity contribution in [3.05, 3.63) is 36.1 Å². The highest BCUT2D eigenvalue weighted by Crippen LogP contribution is 2.27. The second kappa shape index (κ2) is 7.71. The first-order valence-electron chi connectivity index (χ1n) is 8.67. The topological polar surface area (TPSA) is 50.8 Å². The summed E-state index contributed by atoms with van der Waals surface area (Å²) in [5.74, 6) is 0.738. The highest BCUT2D eigenvalue weighted by Gasteiger charge is 2.33. The highest BCUT2D eigenvalue weighted by atomic mass is 16.5. The fourth-order valence-electron chi connectivity index (χ4n) is 3.46. The van der Waals surface area contributed by atoms with E-state index in [9.17, 15) is 4.79 Å². The van der Waals surface area contributed by atoms with Gasteiger partial charge in [0.25, 0.3) is 0 Å². The van der Waals surface area contributed by atoms with Crippen molar-refractivity contribution in [3.63, 3.8) is 0 Å². The summed E-state index contributed by atoms with van der Waals surface area (Å²) in [5.41, 5.74) is 1.84. The molecule has 2 heterocycles. The van der Waals surface area contributed by atoms with Crippen molar-refractivity contribution in [2.75, 3.05) is 25.5 Å². The number of hydrogen-bond donors (Lipinski definition) is 1. The van der Waals surface area contributed by atoms with Crippen LogP contribution in [0.15, 0.2) is 30.5 Å². The van der Waals surface area contributed by atoms with Crippen LogP contribution in [0.4, 0.5) is 5.69 Å². The van der Waals surface area contributed by atoms with E-state index in [2.05, 4.69) is 16.3 Å². The lowest BCUT2D eigenvalue weighted by molar-refractivity contribution is -0.120. The van der Waals surface area contributed by atoms with Gasteiger partial charge in [-0.1, -0.05) is 6.07 Å². The van der Waals surface area contributed by atoms with Crippen molar-refractivity contribution in [3.8, 4) is 5.75 Å². The van der Waals surface area contributed by atoms with Crippen LogP contribution in [-0.4, -0.2) is 43.2 Å². The maximum atomic E-state index is 12.8. The molecule has 0 aliphatic carbocycles. The molecule has 5 heteroatoms. The van der Waals surface area contributed by atoms with Crippen LogP contribution in [-0.2, 0) is 9.53 Å². The zero-order valence-electron chi connectivity index (χ0n) is 14.5. The first-order chi connectivity index (χ1) is 11.7. The molecule has 1 aromatic carbocycles. The van der Waals surface area contributed by atoms with Gasteiger partial charge < -0.3 is 14.8 Å². The van der Waals surface area contributed by atoms with Crippen molar-refractivity contribution in [2.45, 2.75) is 44.8 Å². The minimum atomic E-state index is -0.0928. The molecule has 5 nitrogen and oxygen atoms in total. The smallest absolute Gasteiger partial charge is 0.241 e. The standard InChI is InChI=1S/C19H26N2O3/c1-14-8-9-18(23-2)16(12-14)20-19(22)17-7-5-10-21(17)13-15-6-3-4-11-24-15/h4,8-9,11-12,15,17H,3,5-7,10,13H2,1-2H3,(H,20,22)/t15-,17+/m0/s1. The molecule has 3 rings (SSSR count). The molecule has 1 aromatic rings. The zero-order chi connectivity index (χ0) is 16.9. The van der Waals surface area contributed by atoms with Crippen LogP contribution < -0.4 is 10.1 Å². The molecule has 0 saturated carbocycles. The molecule has 1 saturated heterocycles. The molecular weight excluding hydrogens is 304 g/mol. The van der Waals surface area contributed by atoms with Gasteiger partial charge in [0.2, 0.25) is 5.91 Å². The molecule has 2 atom stereocenters. The number of ether oxygens (including phenoxy) is 2. The third kappa shape index (κ3) is 3.90. The predicted molar refractivity (Wildman–Crippen MR) is 94.2 cm³/mol. The summed E-state index contributed by atoms with van der Waals surface area (Å²) in [6, 6.07) is 5.72. The Bertz CT molecular complexity index is 615. The maximum absolute atomic E-state index is 12.8. The van der Waals surface area contributed by atoms with Gasteiger partial charge in [0.15, 0.2) is 0 Å². The summed E-state index contributed by atoms with van der Waals surface area (Å²) in [4.78, 5) is 15.0. The Labute approximate surface area is 143 Å². The summed E-state index contributed by atoms with van der Waals surface area (Å²) in [6.07, 6.45) is 8.04. The molecule has 1 N–H and O–H groups in total. The monoisotopic (exact) mass is 330 g/mol. The number of carbonyl (C=O) groups excluding carboxylic acids is 1. The molecule has 0 unspecified atom stereocenters. The van der Waals surface area contributed by atoms with E-state index in [0.29, 0.717) is 5.75 Å². The molecule has 2 aliphatic rings. The number of amides is 1. The van der Waals surface area contributed by atoms with Gasteiger partial charge in [0.05, 0.1) is 25.1 Å². The lowest BCUT2D eigenvalue weighted by Crippen LogP contribution is -2.43. The quantitative estimate of drug-likeness (QED) is 0.901. The van der Waals surface area contributed by atoms with Gasteiger partial charge in [-0.25, -0.2) is 0 Å². The third-order valence-corrected chi connectivity index (χ3v) is 4.74. The number of rotatable bonds is 5. The first kappa shape index (κ1) is 16.8. The first-order valence-corrected chi connectivity index (χ1v) is 8.67. The largest absolute Gasteiger partial charge is 0.497 e. The van der Waals surface area contributed by atoms with Crippen LogP contribution in [0.1, 0.15) is 31.2 Å². The fourth-order valence-corrected chi connectivity index (χ4v) is 3.46. The number of nitrogens with zero attached hydrogens (tertiary/aromatic N) is 1. The molecule has 0 aromatic heterocycles. The summed E-state index contributed by atoms with van der Waals surface area (Å²) in [5, 5.41) is 3.05. The minimum Gasteiger partial charge on any atom is -0.497 e. The van der Waals surface area contributed by atoms with E-state index in [-0.39, 0.29) is 18.1 Å². The predicted octanol–water partition coefficient (Wildman–Crippen LogP) is 3.10. The van der Waals surface area contributed by atoms with Crippen LogP contribution in [0.3, 0.4) is 0 Å². The number of aryl methyl sites for hydroxylation is 1. The van der Waals surface area contributed by atoms with Gasteiger partial charge in [0.1, 0.15) is 11.9 Å². The number of hydrogen-bond acceptors (Lipinski definition) is 4. The van der Waals surface area contributed by atoms with E-state index in [1.54, 1.807) is 13.4 Å². The normalized spacial score (nSPS) is 23.8.